The summed E-state index contributed by atoms with van der Waals surface area (Å²) in [4.78, 5) is 0. The van der Waals surface area contributed by atoms with E-state index in [4.69, 9.17) is 10.5 Å². The second-order valence-electron chi connectivity index (χ2n) is 3.21. The van der Waals surface area contributed by atoms with Gasteiger partial charge in [-0.15, -0.1) is 0 Å². The van der Waals surface area contributed by atoms with Gasteiger partial charge in [0.2, 0.25) is 0 Å². The zero-order chi connectivity index (χ0) is 10.4. The van der Waals surface area contributed by atoms with Crippen LogP contribution in [-0.2, 0) is 11.3 Å². The van der Waals surface area contributed by atoms with Crippen molar-refractivity contribution >= 4 is 0 Å². The molecule has 0 aromatic heterocycles. The van der Waals surface area contributed by atoms with Crippen LogP contribution in [0, 0.1) is 0 Å². The Labute approximate surface area is 85.3 Å². The molecule has 3 heteroatoms. The predicted molar refractivity (Wildman–Crippen MR) is 58.0 cm³/mol. The summed E-state index contributed by atoms with van der Waals surface area (Å²) in [6.07, 6.45) is 0. The third-order valence-corrected chi connectivity index (χ3v) is 2.31. The highest BCUT2D eigenvalue weighted by Gasteiger charge is 2.10. The lowest BCUT2D eigenvalue weighted by Crippen LogP contribution is -2.25. The van der Waals surface area contributed by atoms with E-state index >= 15 is 0 Å². The van der Waals surface area contributed by atoms with E-state index in [9.17, 15) is 0 Å². The van der Waals surface area contributed by atoms with Crippen molar-refractivity contribution in [2.75, 3.05) is 20.7 Å². The standard InChI is InChI=1S/C11H18N2O/c1-13-11(7-12)10-6-4-3-5-9(10)8-14-2/h3-6,11,13H,7-8,12H2,1-2H3. The summed E-state index contributed by atoms with van der Waals surface area (Å²) in [7, 11) is 3.62. The Morgan fingerprint density at radius 1 is 1.43 bits per heavy atom. The number of likely N-dealkylation sites (N-methyl/N-ethyl adjacent to an activating group) is 1. The van der Waals surface area contributed by atoms with Gasteiger partial charge >= 0.3 is 0 Å². The maximum absolute atomic E-state index is 5.68. The van der Waals surface area contributed by atoms with Gasteiger partial charge in [-0.2, -0.15) is 0 Å². The van der Waals surface area contributed by atoms with Crippen LogP contribution in [0.1, 0.15) is 17.2 Å². The summed E-state index contributed by atoms with van der Waals surface area (Å²) in [6, 6.07) is 8.40. The maximum Gasteiger partial charge on any atom is 0.0716 e. The van der Waals surface area contributed by atoms with Crippen molar-refractivity contribution in [3.8, 4) is 0 Å². The van der Waals surface area contributed by atoms with E-state index < -0.39 is 0 Å². The Balaban J connectivity index is 2.92. The van der Waals surface area contributed by atoms with E-state index in [2.05, 4.69) is 17.4 Å². The van der Waals surface area contributed by atoms with Gasteiger partial charge in [-0.25, -0.2) is 0 Å². The van der Waals surface area contributed by atoms with Gasteiger partial charge in [-0.05, 0) is 18.2 Å². The van der Waals surface area contributed by atoms with Crippen molar-refractivity contribution < 1.29 is 4.74 Å². The van der Waals surface area contributed by atoms with Crippen molar-refractivity contribution in [2.24, 2.45) is 5.73 Å². The number of hydrogen-bond donors (Lipinski definition) is 2. The third kappa shape index (κ3) is 2.54. The summed E-state index contributed by atoms with van der Waals surface area (Å²) >= 11 is 0. The molecular weight excluding hydrogens is 176 g/mol. The molecule has 14 heavy (non-hydrogen) atoms. The largest absolute Gasteiger partial charge is 0.380 e. The van der Waals surface area contributed by atoms with Crippen LogP contribution in [0.5, 0.6) is 0 Å². The van der Waals surface area contributed by atoms with E-state index in [0.29, 0.717) is 13.2 Å². The zero-order valence-corrected chi connectivity index (χ0v) is 8.79. The fourth-order valence-electron chi connectivity index (χ4n) is 1.56. The maximum atomic E-state index is 5.68. The quantitative estimate of drug-likeness (QED) is 0.736. The first-order valence-electron chi connectivity index (χ1n) is 4.77. The molecule has 3 nitrogen and oxygen atoms in total. The molecule has 1 unspecified atom stereocenters. The molecule has 1 aromatic rings. The Hall–Kier alpha value is -0.900. The van der Waals surface area contributed by atoms with Crippen LogP contribution in [-0.4, -0.2) is 20.7 Å². The van der Waals surface area contributed by atoms with Crippen molar-refractivity contribution in [1.29, 1.82) is 0 Å². The molecule has 3 N–H and O–H groups in total. The van der Waals surface area contributed by atoms with Crippen LogP contribution in [0.3, 0.4) is 0 Å². The van der Waals surface area contributed by atoms with Gasteiger partial charge in [-0.1, -0.05) is 24.3 Å². The fraction of sp³-hybridized carbons (Fsp3) is 0.455. The van der Waals surface area contributed by atoms with Crippen molar-refractivity contribution in [3.05, 3.63) is 35.4 Å². The van der Waals surface area contributed by atoms with Gasteiger partial charge in [0.25, 0.3) is 0 Å². The second-order valence-corrected chi connectivity index (χ2v) is 3.21. The molecule has 0 aliphatic heterocycles. The Bertz CT molecular complexity index is 272. The van der Waals surface area contributed by atoms with Crippen molar-refractivity contribution in [1.82, 2.24) is 5.32 Å². The summed E-state index contributed by atoms with van der Waals surface area (Å²) in [6.45, 7) is 1.23. The molecular formula is C11H18N2O. The molecule has 0 saturated heterocycles. The SMILES string of the molecule is CNC(CN)c1ccccc1COC. The number of ether oxygens (including phenoxy) is 1. The van der Waals surface area contributed by atoms with Gasteiger partial charge in [-0.3, -0.25) is 0 Å². The smallest absolute Gasteiger partial charge is 0.0716 e. The zero-order valence-electron chi connectivity index (χ0n) is 8.79. The van der Waals surface area contributed by atoms with Gasteiger partial charge in [0.1, 0.15) is 0 Å². The molecule has 0 amide bonds. The van der Waals surface area contributed by atoms with E-state index in [-0.39, 0.29) is 6.04 Å². The highest BCUT2D eigenvalue weighted by Crippen LogP contribution is 2.17. The molecule has 0 heterocycles. The van der Waals surface area contributed by atoms with Crippen LogP contribution in [0.15, 0.2) is 24.3 Å². The summed E-state index contributed by atoms with van der Waals surface area (Å²) < 4.78 is 5.14. The van der Waals surface area contributed by atoms with Crippen molar-refractivity contribution in [3.63, 3.8) is 0 Å². The van der Waals surface area contributed by atoms with Crippen LogP contribution >= 0.6 is 0 Å². The number of methoxy groups -OCH3 is 1. The second kappa shape index (κ2) is 5.75. The summed E-state index contributed by atoms with van der Waals surface area (Å²) in [5.74, 6) is 0. The Morgan fingerprint density at radius 2 is 2.14 bits per heavy atom. The summed E-state index contributed by atoms with van der Waals surface area (Å²) in [5.41, 5.74) is 8.09. The minimum atomic E-state index is 0.210. The molecule has 0 radical (unpaired) electrons. The number of hydrogen-bond acceptors (Lipinski definition) is 3. The van der Waals surface area contributed by atoms with Crippen LogP contribution < -0.4 is 11.1 Å². The number of benzene rings is 1. The first-order chi connectivity index (χ1) is 6.83. The lowest BCUT2D eigenvalue weighted by Gasteiger charge is -2.17. The van der Waals surface area contributed by atoms with E-state index in [0.717, 1.165) is 0 Å². The fourth-order valence-corrected chi connectivity index (χ4v) is 1.56. The highest BCUT2D eigenvalue weighted by molar-refractivity contribution is 5.29. The van der Waals surface area contributed by atoms with Crippen LogP contribution in [0.2, 0.25) is 0 Å². The molecule has 1 atom stereocenters. The third-order valence-electron chi connectivity index (χ3n) is 2.31. The van der Waals surface area contributed by atoms with Crippen LogP contribution in [0.25, 0.3) is 0 Å². The lowest BCUT2D eigenvalue weighted by atomic mass is 10.0. The molecule has 0 bridgehead atoms. The number of rotatable bonds is 5. The number of nitrogens with two attached hydrogens (primary N) is 1. The molecule has 1 aromatic carbocycles. The van der Waals surface area contributed by atoms with Crippen LogP contribution in [0.4, 0.5) is 0 Å². The minimum absolute atomic E-state index is 0.210. The first kappa shape index (κ1) is 11.2. The van der Waals surface area contributed by atoms with E-state index in [1.54, 1.807) is 7.11 Å². The normalized spacial score (nSPS) is 12.8. The molecule has 78 valence electrons. The van der Waals surface area contributed by atoms with Gasteiger partial charge in [0.05, 0.1) is 6.61 Å². The average Bonchev–Trinajstić information content (AvgIpc) is 2.23. The molecule has 1 rings (SSSR count). The first-order valence-corrected chi connectivity index (χ1v) is 4.77. The van der Waals surface area contributed by atoms with Gasteiger partial charge in [0, 0.05) is 19.7 Å². The monoisotopic (exact) mass is 194 g/mol. The summed E-state index contributed by atoms with van der Waals surface area (Å²) in [5, 5.41) is 3.19. The van der Waals surface area contributed by atoms with Crippen molar-refractivity contribution in [2.45, 2.75) is 12.6 Å². The van der Waals surface area contributed by atoms with Gasteiger partial charge in [0.15, 0.2) is 0 Å². The Morgan fingerprint density at radius 3 is 2.71 bits per heavy atom. The minimum Gasteiger partial charge on any atom is -0.380 e. The molecule has 0 spiro atoms. The molecule has 0 aliphatic carbocycles. The Kier molecular flexibility index (Phi) is 4.59. The molecule has 0 fully saturated rings. The highest BCUT2D eigenvalue weighted by atomic mass is 16.5. The topological polar surface area (TPSA) is 47.3 Å². The average molecular weight is 194 g/mol. The van der Waals surface area contributed by atoms with E-state index in [1.165, 1.54) is 11.1 Å². The molecule has 0 aliphatic rings. The lowest BCUT2D eigenvalue weighted by molar-refractivity contribution is 0.183. The molecule has 0 saturated carbocycles. The predicted octanol–water partition coefficient (Wildman–Crippen LogP) is 1.05. The van der Waals surface area contributed by atoms with E-state index in [1.807, 2.05) is 19.2 Å². The van der Waals surface area contributed by atoms with Gasteiger partial charge < -0.3 is 15.8 Å². The number of nitrogens with one attached hydrogen (secondary N) is 1.